The lowest BCUT2D eigenvalue weighted by Crippen LogP contribution is -2.35. The molecule has 0 bridgehead atoms. The van der Waals surface area contributed by atoms with Gasteiger partial charge in [-0.2, -0.15) is 0 Å². The molecule has 1 N–H and O–H groups in total. The van der Waals surface area contributed by atoms with Crippen LogP contribution in [-0.4, -0.2) is 24.2 Å². The average Bonchev–Trinajstić information content (AvgIpc) is 2.30. The molecule has 0 saturated carbocycles. The number of nitrogens with one attached hydrogen (secondary N) is 1. The van der Waals surface area contributed by atoms with Crippen molar-refractivity contribution in [1.29, 1.82) is 0 Å². The maximum atomic E-state index is 5.76. The molecule has 1 aliphatic rings. The predicted molar refractivity (Wildman–Crippen MR) is 59.9 cm³/mol. The minimum Gasteiger partial charge on any atom is -0.372 e. The minimum absolute atomic E-state index is 0.342. The van der Waals surface area contributed by atoms with Gasteiger partial charge in [0.25, 0.3) is 0 Å². The first kappa shape index (κ1) is 10.9. The summed E-state index contributed by atoms with van der Waals surface area (Å²) in [4.78, 5) is 4.01. The van der Waals surface area contributed by atoms with E-state index < -0.39 is 0 Å². The van der Waals surface area contributed by atoms with Gasteiger partial charge in [0.15, 0.2) is 0 Å². The molecule has 2 heterocycles. The largest absolute Gasteiger partial charge is 0.372 e. The fraction of sp³-hybridized carbons (Fsp3) is 0.545. The Morgan fingerprint density at radius 1 is 1.53 bits per heavy atom. The van der Waals surface area contributed by atoms with Gasteiger partial charge in [-0.05, 0) is 31.0 Å². The molecule has 0 unspecified atom stereocenters. The number of ether oxygens (including phenoxy) is 1. The van der Waals surface area contributed by atoms with E-state index >= 15 is 0 Å². The number of aromatic nitrogens is 1. The standard InChI is InChI=1S/C11H15ClN2O/c12-11-4-3-9(6-14-11)8-15-10-2-1-5-13-7-10/h3-4,6,10,13H,1-2,5,7-8H2/t10-/m1/s1. The van der Waals surface area contributed by atoms with Crippen molar-refractivity contribution in [2.24, 2.45) is 0 Å². The highest BCUT2D eigenvalue weighted by Gasteiger charge is 2.12. The molecule has 1 aromatic rings. The highest BCUT2D eigenvalue weighted by molar-refractivity contribution is 6.29. The molecule has 0 aromatic carbocycles. The monoisotopic (exact) mass is 226 g/mol. The van der Waals surface area contributed by atoms with E-state index in [4.69, 9.17) is 16.3 Å². The van der Waals surface area contributed by atoms with E-state index in [0.717, 1.165) is 25.1 Å². The van der Waals surface area contributed by atoms with Crippen molar-refractivity contribution >= 4 is 11.6 Å². The van der Waals surface area contributed by atoms with Crippen LogP contribution in [0.15, 0.2) is 18.3 Å². The summed E-state index contributed by atoms with van der Waals surface area (Å²) in [7, 11) is 0. The quantitative estimate of drug-likeness (QED) is 0.801. The number of rotatable bonds is 3. The van der Waals surface area contributed by atoms with Gasteiger partial charge in [-0.3, -0.25) is 0 Å². The summed E-state index contributed by atoms with van der Waals surface area (Å²) in [5.41, 5.74) is 1.07. The lowest BCUT2D eigenvalue weighted by atomic mass is 10.1. The van der Waals surface area contributed by atoms with E-state index in [1.54, 1.807) is 12.3 Å². The van der Waals surface area contributed by atoms with Crippen molar-refractivity contribution < 1.29 is 4.74 Å². The van der Waals surface area contributed by atoms with Gasteiger partial charge in [-0.1, -0.05) is 17.7 Å². The van der Waals surface area contributed by atoms with Gasteiger partial charge >= 0.3 is 0 Å². The molecular weight excluding hydrogens is 212 g/mol. The number of pyridine rings is 1. The Bertz CT molecular complexity index is 296. The van der Waals surface area contributed by atoms with Crippen LogP contribution in [0.25, 0.3) is 0 Å². The molecule has 0 spiro atoms. The van der Waals surface area contributed by atoms with Crippen LogP contribution in [0.2, 0.25) is 5.15 Å². The zero-order chi connectivity index (χ0) is 10.5. The van der Waals surface area contributed by atoms with Gasteiger partial charge in [-0.15, -0.1) is 0 Å². The van der Waals surface area contributed by atoms with Gasteiger partial charge in [0.05, 0.1) is 12.7 Å². The van der Waals surface area contributed by atoms with Crippen LogP contribution in [0.3, 0.4) is 0 Å². The van der Waals surface area contributed by atoms with E-state index in [2.05, 4.69) is 10.3 Å². The zero-order valence-corrected chi connectivity index (χ0v) is 9.33. The predicted octanol–water partition coefficient (Wildman–Crippen LogP) is 2.00. The van der Waals surface area contributed by atoms with Gasteiger partial charge in [0.2, 0.25) is 0 Å². The summed E-state index contributed by atoms with van der Waals surface area (Å²) in [5.74, 6) is 0. The van der Waals surface area contributed by atoms with Gasteiger partial charge in [0.1, 0.15) is 5.15 Å². The van der Waals surface area contributed by atoms with E-state index in [1.807, 2.05) is 6.07 Å². The topological polar surface area (TPSA) is 34.1 Å². The molecule has 3 nitrogen and oxygen atoms in total. The molecule has 0 aliphatic carbocycles. The van der Waals surface area contributed by atoms with Crippen molar-refractivity contribution in [3.63, 3.8) is 0 Å². The first-order valence-electron chi connectivity index (χ1n) is 5.27. The van der Waals surface area contributed by atoms with Crippen LogP contribution in [0.5, 0.6) is 0 Å². The molecule has 1 atom stereocenters. The Labute approximate surface area is 94.8 Å². The number of piperidine rings is 1. The molecule has 1 aliphatic heterocycles. The molecule has 1 saturated heterocycles. The first-order valence-corrected chi connectivity index (χ1v) is 5.65. The zero-order valence-electron chi connectivity index (χ0n) is 8.58. The van der Waals surface area contributed by atoms with Gasteiger partial charge in [0, 0.05) is 12.7 Å². The normalized spacial score (nSPS) is 21.5. The van der Waals surface area contributed by atoms with Gasteiger partial charge < -0.3 is 10.1 Å². The number of hydrogen-bond donors (Lipinski definition) is 1. The van der Waals surface area contributed by atoms with Crippen molar-refractivity contribution in [2.45, 2.75) is 25.6 Å². The fourth-order valence-corrected chi connectivity index (χ4v) is 1.78. The third kappa shape index (κ3) is 3.45. The van der Waals surface area contributed by atoms with Gasteiger partial charge in [-0.25, -0.2) is 4.98 Å². The Kier molecular flexibility index (Phi) is 3.94. The Morgan fingerprint density at radius 3 is 3.13 bits per heavy atom. The molecular formula is C11H15ClN2O. The SMILES string of the molecule is Clc1ccc(CO[C@@H]2CCCNC2)cn1. The van der Waals surface area contributed by atoms with Crippen molar-refractivity contribution in [2.75, 3.05) is 13.1 Å². The van der Waals surface area contributed by atoms with E-state index in [9.17, 15) is 0 Å². The molecule has 15 heavy (non-hydrogen) atoms. The van der Waals surface area contributed by atoms with Crippen molar-refractivity contribution in [3.05, 3.63) is 29.0 Å². The highest BCUT2D eigenvalue weighted by Crippen LogP contribution is 2.11. The molecule has 0 amide bonds. The minimum atomic E-state index is 0.342. The number of halogens is 1. The molecule has 2 rings (SSSR count). The summed E-state index contributed by atoms with van der Waals surface area (Å²) in [6.07, 6.45) is 4.45. The summed E-state index contributed by atoms with van der Waals surface area (Å²) >= 11 is 5.70. The Balaban J connectivity index is 1.79. The maximum absolute atomic E-state index is 5.76. The molecule has 4 heteroatoms. The summed E-state index contributed by atoms with van der Waals surface area (Å²) in [6.45, 7) is 2.69. The van der Waals surface area contributed by atoms with E-state index in [-0.39, 0.29) is 0 Å². The van der Waals surface area contributed by atoms with Crippen LogP contribution in [0.1, 0.15) is 18.4 Å². The van der Waals surface area contributed by atoms with E-state index in [1.165, 1.54) is 6.42 Å². The lowest BCUT2D eigenvalue weighted by Gasteiger charge is -2.22. The molecule has 82 valence electrons. The fourth-order valence-electron chi connectivity index (χ4n) is 1.67. The van der Waals surface area contributed by atoms with Crippen LogP contribution in [0, 0.1) is 0 Å². The maximum Gasteiger partial charge on any atom is 0.129 e. The number of hydrogen-bond acceptors (Lipinski definition) is 3. The Morgan fingerprint density at radius 2 is 2.47 bits per heavy atom. The Hall–Kier alpha value is -0.640. The third-order valence-electron chi connectivity index (χ3n) is 2.53. The molecule has 1 aromatic heterocycles. The smallest absolute Gasteiger partial charge is 0.129 e. The van der Waals surface area contributed by atoms with Crippen LogP contribution in [0.4, 0.5) is 0 Å². The third-order valence-corrected chi connectivity index (χ3v) is 2.75. The van der Waals surface area contributed by atoms with Crippen LogP contribution in [-0.2, 0) is 11.3 Å². The highest BCUT2D eigenvalue weighted by atomic mass is 35.5. The summed E-state index contributed by atoms with van der Waals surface area (Å²) < 4.78 is 5.76. The summed E-state index contributed by atoms with van der Waals surface area (Å²) in [5, 5.41) is 3.84. The summed E-state index contributed by atoms with van der Waals surface area (Å²) in [6, 6.07) is 3.74. The lowest BCUT2D eigenvalue weighted by molar-refractivity contribution is 0.0252. The average molecular weight is 227 g/mol. The second-order valence-corrected chi connectivity index (χ2v) is 4.16. The van der Waals surface area contributed by atoms with Crippen molar-refractivity contribution in [3.8, 4) is 0 Å². The second kappa shape index (κ2) is 5.45. The first-order chi connectivity index (χ1) is 7.34. The van der Waals surface area contributed by atoms with E-state index in [0.29, 0.717) is 17.9 Å². The van der Waals surface area contributed by atoms with Crippen LogP contribution < -0.4 is 5.32 Å². The molecule has 1 fully saturated rings. The van der Waals surface area contributed by atoms with Crippen molar-refractivity contribution in [1.82, 2.24) is 10.3 Å². The molecule has 0 radical (unpaired) electrons. The second-order valence-electron chi connectivity index (χ2n) is 3.77. The number of nitrogens with zero attached hydrogens (tertiary/aromatic N) is 1. The van der Waals surface area contributed by atoms with Crippen LogP contribution >= 0.6 is 11.6 Å².